The van der Waals surface area contributed by atoms with Gasteiger partial charge in [-0.25, -0.2) is 22.6 Å². The fourth-order valence-electron chi connectivity index (χ4n) is 5.91. The van der Waals surface area contributed by atoms with Crippen molar-refractivity contribution in [2.45, 2.75) is 62.3 Å². The number of benzene rings is 3. The van der Waals surface area contributed by atoms with E-state index in [1.807, 2.05) is 13.0 Å². The summed E-state index contributed by atoms with van der Waals surface area (Å²) in [6.45, 7) is 5.39. The van der Waals surface area contributed by atoms with Crippen molar-refractivity contribution in [3.05, 3.63) is 89.4 Å². The summed E-state index contributed by atoms with van der Waals surface area (Å²) in [4.78, 5) is 33.2. The van der Waals surface area contributed by atoms with Gasteiger partial charge in [0, 0.05) is 42.1 Å². The molecule has 1 fully saturated rings. The summed E-state index contributed by atoms with van der Waals surface area (Å²) < 4.78 is 42.7. The molecular weight excluding hydrogens is 609 g/mol. The number of amides is 2. The average molecular weight is 648 g/mol. The zero-order chi connectivity index (χ0) is 33.3. The highest BCUT2D eigenvalue weighted by Crippen LogP contribution is 2.41. The third kappa shape index (κ3) is 6.21. The second-order valence-corrected chi connectivity index (χ2v) is 14.2. The summed E-state index contributed by atoms with van der Waals surface area (Å²) in [5.41, 5.74) is 8.21. The van der Waals surface area contributed by atoms with E-state index in [2.05, 4.69) is 10.3 Å². The highest BCUT2D eigenvalue weighted by atomic mass is 32.2. The van der Waals surface area contributed by atoms with E-state index in [4.69, 9.17) is 5.73 Å². The van der Waals surface area contributed by atoms with Crippen LogP contribution in [0.15, 0.2) is 71.8 Å². The second-order valence-electron chi connectivity index (χ2n) is 11.8. The molecule has 0 bridgehead atoms. The number of pyridine rings is 1. The van der Waals surface area contributed by atoms with Gasteiger partial charge >= 0.3 is 6.09 Å². The van der Waals surface area contributed by atoms with Crippen LogP contribution in [0.3, 0.4) is 0 Å². The molecule has 5 rings (SSSR count). The summed E-state index contributed by atoms with van der Waals surface area (Å²) in [5, 5.41) is 13.7. The lowest BCUT2D eigenvalue weighted by Gasteiger charge is -2.32. The maximum absolute atomic E-state index is 15.6. The molecule has 0 spiro atoms. The molecule has 0 unspecified atom stereocenters. The Morgan fingerprint density at radius 3 is 2.59 bits per heavy atom. The van der Waals surface area contributed by atoms with Crippen molar-refractivity contribution in [3.63, 3.8) is 0 Å². The van der Waals surface area contributed by atoms with Gasteiger partial charge < -0.3 is 21.1 Å². The number of sulfone groups is 1. The SMILES string of the molecule is CCc1ccc(F)c([C@@H](Nc2ccc3c(N)nccc3c2)C(=O)N2CCC[C@@H]2c2cc(N(C)C(=O)O)ccc2S(=O)(=O)C(C)C)c1. The molecule has 3 aromatic carbocycles. The molecule has 4 aromatic rings. The number of nitrogen functional groups attached to an aromatic ring is 1. The lowest BCUT2D eigenvalue weighted by molar-refractivity contribution is -0.133. The van der Waals surface area contributed by atoms with Gasteiger partial charge in [0.1, 0.15) is 17.7 Å². The van der Waals surface area contributed by atoms with Crippen molar-refractivity contribution < 1.29 is 27.5 Å². The summed E-state index contributed by atoms with van der Waals surface area (Å²) in [5.74, 6) is -0.628. The first-order valence-electron chi connectivity index (χ1n) is 15.2. The Labute approximate surface area is 268 Å². The van der Waals surface area contributed by atoms with Crippen LogP contribution in [0.5, 0.6) is 0 Å². The molecule has 1 saturated heterocycles. The Hall–Kier alpha value is -4.71. The lowest BCUT2D eigenvalue weighted by atomic mass is 9.98. The zero-order valence-electron chi connectivity index (χ0n) is 26.2. The molecule has 1 aliphatic rings. The lowest BCUT2D eigenvalue weighted by Crippen LogP contribution is -2.38. The number of fused-ring (bicyclic) bond motifs is 1. The number of carboxylic acid groups (broad SMARTS) is 1. The van der Waals surface area contributed by atoms with Gasteiger partial charge in [-0.15, -0.1) is 0 Å². The number of aromatic nitrogens is 1. The van der Waals surface area contributed by atoms with Crippen LogP contribution in [0.1, 0.15) is 62.4 Å². The monoisotopic (exact) mass is 647 g/mol. The van der Waals surface area contributed by atoms with E-state index in [1.165, 1.54) is 31.3 Å². The maximum atomic E-state index is 15.6. The van der Waals surface area contributed by atoms with Gasteiger partial charge in [-0.1, -0.05) is 19.1 Å². The summed E-state index contributed by atoms with van der Waals surface area (Å²) in [7, 11) is -2.45. The van der Waals surface area contributed by atoms with Crippen LogP contribution in [-0.4, -0.2) is 54.3 Å². The van der Waals surface area contributed by atoms with Crippen molar-refractivity contribution in [1.82, 2.24) is 9.88 Å². The van der Waals surface area contributed by atoms with E-state index in [1.54, 1.807) is 55.3 Å². The van der Waals surface area contributed by atoms with E-state index in [0.717, 1.165) is 21.2 Å². The highest BCUT2D eigenvalue weighted by molar-refractivity contribution is 7.92. The molecule has 12 heteroatoms. The standard InChI is InChI=1S/C34H38FN5O5S/c1-5-21-8-12-28(35)26(17-21)31(38-23-9-11-25-22(18-23)14-15-37-32(25)36)33(41)40-16-6-7-29(40)27-19-24(39(4)34(42)43)10-13-30(27)46(44,45)20(2)3/h8-15,17-20,29,31,38H,5-7,16H2,1-4H3,(H2,36,37)(H,42,43)/t29-,31-/m1/s1. The minimum absolute atomic E-state index is 0.0409. The summed E-state index contributed by atoms with van der Waals surface area (Å²) in [6, 6.07) is 14.4. The van der Waals surface area contributed by atoms with Gasteiger partial charge in [0.25, 0.3) is 0 Å². The maximum Gasteiger partial charge on any atom is 0.411 e. The first kappa shape index (κ1) is 32.7. The van der Waals surface area contributed by atoms with Crippen molar-refractivity contribution in [2.24, 2.45) is 0 Å². The third-order valence-electron chi connectivity index (χ3n) is 8.62. The van der Waals surface area contributed by atoms with E-state index >= 15 is 4.39 Å². The minimum atomic E-state index is -3.81. The molecule has 242 valence electrons. The largest absolute Gasteiger partial charge is 0.465 e. The molecule has 0 radical (unpaired) electrons. The van der Waals surface area contributed by atoms with Crippen LogP contribution in [0.2, 0.25) is 0 Å². The van der Waals surface area contributed by atoms with Crippen molar-refractivity contribution in [2.75, 3.05) is 29.5 Å². The number of carbonyl (C=O) groups excluding carboxylic acids is 1. The number of halogens is 1. The van der Waals surface area contributed by atoms with Crippen molar-refractivity contribution in [1.29, 1.82) is 0 Å². The Balaban J connectivity index is 1.62. The molecule has 10 nitrogen and oxygen atoms in total. The molecule has 0 aliphatic carbocycles. The Morgan fingerprint density at radius 1 is 1.13 bits per heavy atom. The molecule has 2 atom stereocenters. The first-order chi connectivity index (χ1) is 21.8. The molecule has 1 aliphatic heterocycles. The van der Waals surface area contributed by atoms with E-state index in [9.17, 15) is 23.1 Å². The Bertz CT molecular complexity index is 1920. The van der Waals surface area contributed by atoms with E-state index in [-0.39, 0.29) is 16.1 Å². The van der Waals surface area contributed by atoms with Crippen molar-refractivity contribution >= 4 is 49.8 Å². The number of likely N-dealkylation sites (tertiary alicyclic amines) is 1. The van der Waals surface area contributed by atoms with Crippen molar-refractivity contribution in [3.8, 4) is 0 Å². The van der Waals surface area contributed by atoms with Crippen LogP contribution in [-0.2, 0) is 21.1 Å². The number of hydrogen-bond donors (Lipinski definition) is 3. The summed E-state index contributed by atoms with van der Waals surface area (Å²) in [6.07, 6.45) is 2.01. The number of hydrogen-bond acceptors (Lipinski definition) is 7. The topological polar surface area (TPSA) is 146 Å². The molecule has 1 aromatic heterocycles. The van der Waals surface area contributed by atoms with Crippen LogP contribution in [0, 0.1) is 5.82 Å². The van der Waals surface area contributed by atoms with E-state index < -0.39 is 45.0 Å². The number of nitrogens with zero attached hydrogens (tertiary/aromatic N) is 3. The van der Waals surface area contributed by atoms with Crippen LogP contribution >= 0.6 is 0 Å². The molecule has 0 saturated carbocycles. The van der Waals surface area contributed by atoms with Gasteiger partial charge in [-0.05, 0) is 98.2 Å². The fourth-order valence-corrected chi connectivity index (χ4v) is 7.20. The Morgan fingerprint density at radius 2 is 1.89 bits per heavy atom. The molecular formula is C34H38FN5O5S. The number of anilines is 3. The number of nitrogens with two attached hydrogens (primary N) is 1. The predicted octanol–water partition coefficient (Wildman–Crippen LogP) is 6.33. The number of nitrogens with one attached hydrogen (secondary N) is 1. The highest BCUT2D eigenvalue weighted by Gasteiger charge is 2.39. The normalized spacial score (nSPS) is 15.7. The second kappa shape index (κ2) is 13.0. The van der Waals surface area contributed by atoms with Gasteiger partial charge in [-0.2, -0.15) is 0 Å². The molecule has 2 amide bonds. The zero-order valence-corrected chi connectivity index (χ0v) is 27.0. The quantitative estimate of drug-likeness (QED) is 0.191. The Kier molecular flexibility index (Phi) is 9.20. The van der Waals surface area contributed by atoms with Gasteiger partial charge in [-0.3, -0.25) is 9.69 Å². The van der Waals surface area contributed by atoms with E-state index in [0.29, 0.717) is 42.9 Å². The fraction of sp³-hybridized carbons (Fsp3) is 0.324. The summed E-state index contributed by atoms with van der Waals surface area (Å²) >= 11 is 0. The first-order valence-corrected chi connectivity index (χ1v) is 16.7. The molecule has 46 heavy (non-hydrogen) atoms. The van der Waals surface area contributed by atoms with Gasteiger partial charge in [0.15, 0.2) is 9.84 Å². The number of rotatable bonds is 9. The number of carbonyl (C=O) groups is 2. The van der Waals surface area contributed by atoms with Gasteiger partial charge in [0.05, 0.1) is 16.2 Å². The van der Waals surface area contributed by atoms with Crippen LogP contribution in [0.25, 0.3) is 10.8 Å². The molecule has 4 N–H and O–H groups in total. The van der Waals surface area contributed by atoms with Crippen LogP contribution in [0.4, 0.5) is 26.4 Å². The minimum Gasteiger partial charge on any atom is -0.465 e. The predicted molar refractivity (Wildman–Crippen MR) is 177 cm³/mol. The third-order valence-corrected chi connectivity index (χ3v) is 10.8. The van der Waals surface area contributed by atoms with Crippen LogP contribution < -0.4 is 16.0 Å². The average Bonchev–Trinajstić information content (AvgIpc) is 3.53. The van der Waals surface area contributed by atoms with Gasteiger partial charge in [0.2, 0.25) is 5.91 Å². The smallest absolute Gasteiger partial charge is 0.411 e. The molecule has 2 heterocycles. The number of aryl methyl sites for hydroxylation is 1.